The van der Waals surface area contributed by atoms with Gasteiger partial charge in [0.25, 0.3) is 0 Å². The molecule has 2 saturated carbocycles. The lowest BCUT2D eigenvalue weighted by Crippen LogP contribution is -2.16. The number of nitrogens with zero attached hydrogens (tertiary/aromatic N) is 2. The molecule has 1 aromatic carbocycles. The summed E-state index contributed by atoms with van der Waals surface area (Å²) in [6.07, 6.45) is 17.9. The van der Waals surface area contributed by atoms with Gasteiger partial charge in [0.05, 0.1) is 11.1 Å². The summed E-state index contributed by atoms with van der Waals surface area (Å²) in [6, 6.07) is 9.25. The van der Waals surface area contributed by atoms with Gasteiger partial charge in [-0.15, -0.1) is 0 Å². The minimum Gasteiger partial charge on any atom is -0.192 e. The Morgan fingerprint density at radius 3 is 1.86 bits per heavy atom. The van der Waals surface area contributed by atoms with Gasteiger partial charge in [-0.25, -0.2) is 0 Å². The lowest BCUT2D eigenvalue weighted by Gasteiger charge is -2.30. The molecule has 3 rings (SSSR count). The summed E-state index contributed by atoms with van der Waals surface area (Å²) in [6.45, 7) is 2.27. The molecular weight excluding hydrogens is 340 g/mol. The minimum atomic E-state index is 0.467. The molecule has 0 amide bonds. The van der Waals surface area contributed by atoms with Crippen molar-refractivity contribution >= 4 is 0 Å². The van der Waals surface area contributed by atoms with E-state index in [9.17, 15) is 10.5 Å². The third kappa shape index (κ3) is 4.97. The molecule has 28 heavy (non-hydrogen) atoms. The van der Waals surface area contributed by atoms with Crippen molar-refractivity contribution in [3.8, 4) is 12.1 Å². The molecule has 1 aromatic rings. The quantitative estimate of drug-likeness (QED) is 0.457. The van der Waals surface area contributed by atoms with Crippen LogP contribution in [-0.4, -0.2) is 0 Å². The zero-order valence-corrected chi connectivity index (χ0v) is 17.7. The first-order valence-electron chi connectivity index (χ1n) is 11.8. The Bertz CT molecular complexity index is 707. The van der Waals surface area contributed by atoms with Crippen LogP contribution in [0.4, 0.5) is 0 Å². The molecule has 0 unspecified atom stereocenters. The first kappa shape index (κ1) is 20.9. The van der Waals surface area contributed by atoms with Gasteiger partial charge < -0.3 is 0 Å². The monoisotopic (exact) mass is 376 g/mol. The van der Waals surface area contributed by atoms with Crippen LogP contribution >= 0.6 is 0 Å². The molecule has 0 aromatic heterocycles. The highest BCUT2D eigenvalue weighted by Crippen LogP contribution is 2.42. The summed E-state index contributed by atoms with van der Waals surface area (Å²) in [5, 5.41) is 19.8. The smallest absolute Gasteiger partial charge is 0.101 e. The molecule has 0 saturated heterocycles. The highest BCUT2D eigenvalue weighted by atomic mass is 14.4. The van der Waals surface area contributed by atoms with E-state index in [1.807, 2.05) is 0 Å². The second kappa shape index (κ2) is 10.7. The Balaban J connectivity index is 1.69. The number of benzene rings is 1. The van der Waals surface area contributed by atoms with Crippen LogP contribution in [0.1, 0.15) is 131 Å². The van der Waals surface area contributed by atoms with Gasteiger partial charge >= 0.3 is 0 Å². The lowest BCUT2D eigenvalue weighted by atomic mass is 9.74. The van der Waals surface area contributed by atoms with Crippen molar-refractivity contribution in [2.75, 3.05) is 0 Å². The molecule has 0 N–H and O–H groups in total. The van der Waals surface area contributed by atoms with E-state index in [2.05, 4.69) is 31.2 Å². The van der Waals surface area contributed by atoms with Crippen LogP contribution in [0, 0.1) is 28.6 Å². The van der Waals surface area contributed by atoms with Gasteiger partial charge in [-0.1, -0.05) is 70.4 Å². The largest absolute Gasteiger partial charge is 0.192 e. The number of unbranched alkanes of at least 4 members (excludes halogenated alkanes) is 3. The molecule has 0 aliphatic heterocycles. The van der Waals surface area contributed by atoms with Gasteiger partial charge in [0.2, 0.25) is 0 Å². The van der Waals surface area contributed by atoms with E-state index in [0.29, 0.717) is 23.0 Å². The van der Waals surface area contributed by atoms with Gasteiger partial charge in [-0.2, -0.15) is 10.5 Å². The standard InChI is InChI=1S/C26H36N2/c1-2-3-4-6-9-20-12-14-22(15-13-20)24-17-16-23(21-10-7-5-8-11-21)25(18-27)26(24)19-28/h16-17,20-22H,2-15H2,1H3. The predicted octanol–water partition coefficient (Wildman–Crippen LogP) is 7.72. The number of hydrogen-bond donors (Lipinski definition) is 0. The van der Waals surface area contributed by atoms with Crippen molar-refractivity contribution in [2.24, 2.45) is 5.92 Å². The Morgan fingerprint density at radius 2 is 1.32 bits per heavy atom. The van der Waals surface area contributed by atoms with Crippen molar-refractivity contribution in [1.29, 1.82) is 10.5 Å². The van der Waals surface area contributed by atoms with Crippen molar-refractivity contribution in [3.05, 3.63) is 34.4 Å². The number of rotatable bonds is 7. The molecule has 0 atom stereocenters. The van der Waals surface area contributed by atoms with E-state index < -0.39 is 0 Å². The summed E-state index contributed by atoms with van der Waals surface area (Å²) in [4.78, 5) is 0. The maximum atomic E-state index is 9.90. The second-order valence-electron chi connectivity index (χ2n) is 9.12. The lowest BCUT2D eigenvalue weighted by molar-refractivity contribution is 0.302. The second-order valence-corrected chi connectivity index (χ2v) is 9.12. The Labute approximate surface area is 172 Å². The third-order valence-electron chi connectivity index (χ3n) is 7.29. The average molecular weight is 377 g/mol. The fourth-order valence-corrected chi connectivity index (χ4v) is 5.59. The molecule has 2 heteroatoms. The van der Waals surface area contributed by atoms with Crippen molar-refractivity contribution in [2.45, 2.75) is 109 Å². The van der Waals surface area contributed by atoms with Crippen LogP contribution in [-0.2, 0) is 0 Å². The fraction of sp³-hybridized carbons (Fsp3) is 0.692. The van der Waals surface area contributed by atoms with E-state index >= 15 is 0 Å². The van der Waals surface area contributed by atoms with E-state index in [0.717, 1.165) is 17.0 Å². The molecule has 2 aliphatic carbocycles. The summed E-state index contributed by atoms with van der Waals surface area (Å²) in [7, 11) is 0. The van der Waals surface area contributed by atoms with Crippen LogP contribution < -0.4 is 0 Å². The van der Waals surface area contributed by atoms with Crippen LogP contribution in [0.2, 0.25) is 0 Å². The molecule has 2 fully saturated rings. The molecule has 150 valence electrons. The fourth-order valence-electron chi connectivity index (χ4n) is 5.59. The minimum absolute atomic E-state index is 0.467. The van der Waals surface area contributed by atoms with Crippen LogP contribution in [0.3, 0.4) is 0 Å². The van der Waals surface area contributed by atoms with E-state index in [1.54, 1.807) is 0 Å². The predicted molar refractivity (Wildman–Crippen MR) is 115 cm³/mol. The first-order valence-corrected chi connectivity index (χ1v) is 11.8. The van der Waals surface area contributed by atoms with Gasteiger partial charge in [0, 0.05) is 0 Å². The summed E-state index contributed by atoms with van der Waals surface area (Å²) >= 11 is 0. The van der Waals surface area contributed by atoms with Crippen molar-refractivity contribution in [3.63, 3.8) is 0 Å². The topological polar surface area (TPSA) is 47.6 Å². The molecule has 2 aliphatic rings. The SMILES string of the molecule is CCCCCCC1CCC(c2ccc(C3CCCCC3)c(C#N)c2C#N)CC1. The van der Waals surface area contributed by atoms with Gasteiger partial charge in [0.1, 0.15) is 12.1 Å². The highest BCUT2D eigenvalue weighted by molar-refractivity contribution is 5.56. The Morgan fingerprint density at radius 1 is 0.750 bits per heavy atom. The van der Waals surface area contributed by atoms with Crippen LogP contribution in [0.5, 0.6) is 0 Å². The number of hydrogen-bond acceptors (Lipinski definition) is 2. The van der Waals surface area contributed by atoms with Gasteiger partial charge in [0.15, 0.2) is 0 Å². The highest BCUT2D eigenvalue weighted by Gasteiger charge is 2.27. The van der Waals surface area contributed by atoms with Crippen molar-refractivity contribution in [1.82, 2.24) is 0 Å². The molecule has 0 radical (unpaired) electrons. The van der Waals surface area contributed by atoms with Crippen molar-refractivity contribution < 1.29 is 0 Å². The maximum Gasteiger partial charge on any atom is 0.101 e. The Hall–Kier alpha value is -1.80. The van der Waals surface area contributed by atoms with E-state index in [4.69, 9.17) is 0 Å². The molecular formula is C26H36N2. The average Bonchev–Trinajstić information content (AvgIpc) is 2.76. The van der Waals surface area contributed by atoms with E-state index in [-0.39, 0.29) is 0 Å². The normalized spacial score (nSPS) is 23.1. The third-order valence-corrected chi connectivity index (χ3v) is 7.29. The van der Waals surface area contributed by atoms with Crippen LogP contribution in [0.15, 0.2) is 12.1 Å². The van der Waals surface area contributed by atoms with Gasteiger partial charge in [-0.05, 0) is 67.4 Å². The Kier molecular flexibility index (Phi) is 7.97. The molecule has 0 bridgehead atoms. The number of nitriles is 2. The van der Waals surface area contributed by atoms with Crippen LogP contribution in [0.25, 0.3) is 0 Å². The summed E-state index contributed by atoms with van der Waals surface area (Å²) < 4.78 is 0. The molecule has 0 spiro atoms. The van der Waals surface area contributed by atoms with Gasteiger partial charge in [-0.3, -0.25) is 0 Å². The summed E-state index contributed by atoms with van der Waals surface area (Å²) in [5.41, 5.74) is 3.68. The molecule has 0 heterocycles. The maximum absolute atomic E-state index is 9.90. The zero-order chi connectivity index (χ0) is 19.8. The first-order chi connectivity index (χ1) is 13.8. The van der Waals surface area contributed by atoms with E-state index in [1.165, 1.54) is 89.9 Å². The molecule has 2 nitrogen and oxygen atoms in total. The summed E-state index contributed by atoms with van der Waals surface area (Å²) in [5.74, 6) is 1.81. The zero-order valence-electron chi connectivity index (χ0n) is 17.7.